The topological polar surface area (TPSA) is 70.2 Å². The Labute approximate surface area is 119 Å². The number of carbonyl (C=O) groups is 2. The number of nitrogens with one attached hydrogen (secondary N) is 3. The van der Waals surface area contributed by atoms with Gasteiger partial charge in [0.05, 0.1) is 0 Å². The van der Waals surface area contributed by atoms with Crippen LogP contribution >= 0.6 is 0 Å². The molecule has 0 aromatic heterocycles. The Balaban J connectivity index is 1.83. The summed E-state index contributed by atoms with van der Waals surface area (Å²) in [6, 6.07) is 8.52. The fourth-order valence-electron chi connectivity index (χ4n) is 2.24. The molecule has 0 bridgehead atoms. The molecule has 1 aliphatic rings. The molecule has 5 heteroatoms. The average molecular weight is 275 g/mol. The monoisotopic (exact) mass is 275 g/mol. The van der Waals surface area contributed by atoms with Gasteiger partial charge in [-0.2, -0.15) is 0 Å². The molecule has 3 N–H and O–H groups in total. The first-order valence-electron chi connectivity index (χ1n) is 7.04. The second-order valence-corrected chi connectivity index (χ2v) is 5.11. The molecule has 1 aromatic carbocycles. The van der Waals surface area contributed by atoms with E-state index in [-0.39, 0.29) is 17.9 Å². The Morgan fingerprint density at radius 2 is 2.05 bits per heavy atom. The van der Waals surface area contributed by atoms with E-state index in [1.54, 1.807) is 31.2 Å². The van der Waals surface area contributed by atoms with Crippen molar-refractivity contribution in [3.05, 3.63) is 35.9 Å². The zero-order chi connectivity index (χ0) is 14.4. The summed E-state index contributed by atoms with van der Waals surface area (Å²) in [5, 5.41) is 8.92. The number of amides is 2. The van der Waals surface area contributed by atoms with Crippen molar-refractivity contribution in [1.82, 2.24) is 16.0 Å². The van der Waals surface area contributed by atoms with E-state index in [1.165, 1.54) is 0 Å². The molecule has 1 unspecified atom stereocenters. The van der Waals surface area contributed by atoms with Gasteiger partial charge in [-0.3, -0.25) is 9.59 Å². The highest BCUT2D eigenvalue weighted by atomic mass is 16.2. The van der Waals surface area contributed by atoms with Crippen LogP contribution in [-0.4, -0.2) is 37.0 Å². The number of hydrogen-bond acceptors (Lipinski definition) is 3. The molecule has 0 aliphatic carbocycles. The summed E-state index contributed by atoms with van der Waals surface area (Å²) in [7, 11) is 0. The third-order valence-electron chi connectivity index (χ3n) is 3.42. The molecule has 2 amide bonds. The van der Waals surface area contributed by atoms with Gasteiger partial charge in [0.1, 0.15) is 6.04 Å². The molecule has 1 heterocycles. The van der Waals surface area contributed by atoms with E-state index in [1.807, 2.05) is 6.07 Å². The molecule has 20 heavy (non-hydrogen) atoms. The summed E-state index contributed by atoms with van der Waals surface area (Å²) in [6.45, 7) is 3.50. The number of hydrogen-bond donors (Lipinski definition) is 3. The Morgan fingerprint density at radius 3 is 2.70 bits per heavy atom. The van der Waals surface area contributed by atoms with Crippen molar-refractivity contribution in [3.8, 4) is 0 Å². The fourth-order valence-corrected chi connectivity index (χ4v) is 2.24. The van der Waals surface area contributed by atoms with Crippen molar-refractivity contribution in [1.29, 1.82) is 0 Å². The van der Waals surface area contributed by atoms with Gasteiger partial charge < -0.3 is 16.0 Å². The van der Waals surface area contributed by atoms with E-state index in [0.29, 0.717) is 5.56 Å². The number of rotatable bonds is 4. The van der Waals surface area contributed by atoms with Crippen LogP contribution < -0.4 is 16.0 Å². The quantitative estimate of drug-likeness (QED) is 0.756. The van der Waals surface area contributed by atoms with Crippen molar-refractivity contribution in [2.24, 2.45) is 0 Å². The maximum Gasteiger partial charge on any atom is 0.251 e. The van der Waals surface area contributed by atoms with Crippen LogP contribution in [0.1, 0.15) is 30.1 Å². The highest BCUT2D eigenvalue weighted by Gasteiger charge is 2.20. The molecule has 1 fully saturated rings. The third kappa shape index (κ3) is 4.06. The van der Waals surface area contributed by atoms with Crippen molar-refractivity contribution < 1.29 is 9.59 Å². The Kier molecular flexibility index (Phi) is 5.12. The van der Waals surface area contributed by atoms with Crippen LogP contribution in [0.3, 0.4) is 0 Å². The molecule has 1 aliphatic heterocycles. The average Bonchev–Trinajstić information content (AvgIpc) is 2.49. The van der Waals surface area contributed by atoms with Gasteiger partial charge in [-0.15, -0.1) is 0 Å². The number of carbonyl (C=O) groups excluding carboxylic acids is 2. The van der Waals surface area contributed by atoms with E-state index in [0.717, 1.165) is 25.9 Å². The van der Waals surface area contributed by atoms with Gasteiger partial charge in [-0.1, -0.05) is 18.2 Å². The molecule has 108 valence electrons. The van der Waals surface area contributed by atoms with Crippen LogP contribution in [0.4, 0.5) is 0 Å². The molecule has 2 rings (SSSR count). The van der Waals surface area contributed by atoms with Crippen LogP contribution in [0.5, 0.6) is 0 Å². The zero-order valence-corrected chi connectivity index (χ0v) is 11.7. The van der Waals surface area contributed by atoms with Gasteiger partial charge in [0.15, 0.2) is 0 Å². The maximum absolute atomic E-state index is 12.0. The summed E-state index contributed by atoms with van der Waals surface area (Å²) in [4.78, 5) is 24.0. The number of benzene rings is 1. The molecule has 1 saturated heterocycles. The predicted molar refractivity (Wildman–Crippen MR) is 77.4 cm³/mol. The molecular weight excluding hydrogens is 254 g/mol. The number of piperidine rings is 1. The van der Waals surface area contributed by atoms with Gasteiger partial charge in [0, 0.05) is 18.2 Å². The first kappa shape index (κ1) is 14.5. The minimum Gasteiger partial charge on any atom is -0.350 e. The first-order valence-corrected chi connectivity index (χ1v) is 7.04. The van der Waals surface area contributed by atoms with Crippen molar-refractivity contribution in [3.63, 3.8) is 0 Å². The lowest BCUT2D eigenvalue weighted by molar-refractivity contribution is -0.123. The van der Waals surface area contributed by atoms with Crippen LogP contribution in [-0.2, 0) is 4.79 Å². The summed E-state index contributed by atoms with van der Waals surface area (Å²) < 4.78 is 0. The van der Waals surface area contributed by atoms with Crippen LogP contribution in [0.2, 0.25) is 0 Å². The second-order valence-electron chi connectivity index (χ2n) is 5.11. The Hall–Kier alpha value is -1.88. The van der Waals surface area contributed by atoms with Crippen molar-refractivity contribution >= 4 is 11.8 Å². The van der Waals surface area contributed by atoms with Crippen molar-refractivity contribution in [2.45, 2.75) is 31.8 Å². The van der Waals surface area contributed by atoms with E-state index in [9.17, 15) is 9.59 Å². The van der Waals surface area contributed by atoms with E-state index >= 15 is 0 Å². The van der Waals surface area contributed by atoms with Gasteiger partial charge in [-0.05, 0) is 38.4 Å². The van der Waals surface area contributed by atoms with E-state index in [4.69, 9.17) is 0 Å². The highest BCUT2D eigenvalue weighted by molar-refractivity contribution is 5.97. The molecule has 0 spiro atoms. The third-order valence-corrected chi connectivity index (χ3v) is 3.42. The first-order chi connectivity index (χ1) is 9.66. The lowest BCUT2D eigenvalue weighted by atomic mass is 10.1. The normalized spacial score (nSPS) is 19.9. The van der Waals surface area contributed by atoms with E-state index < -0.39 is 6.04 Å². The van der Waals surface area contributed by atoms with E-state index in [2.05, 4.69) is 16.0 Å². The lowest BCUT2D eigenvalue weighted by Crippen LogP contribution is -2.52. The summed E-state index contributed by atoms with van der Waals surface area (Å²) in [5.41, 5.74) is 0.562. The molecule has 0 radical (unpaired) electrons. The Bertz CT molecular complexity index is 455. The minimum atomic E-state index is -0.537. The minimum absolute atomic E-state index is 0.136. The summed E-state index contributed by atoms with van der Waals surface area (Å²) in [6.07, 6.45) is 2.05. The van der Waals surface area contributed by atoms with Gasteiger partial charge in [0.2, 0.25) is 5.91 Å². The SMILES string of the molecule is CC(NC(=O)c1ccccc1)C(=O)N[C@H]1CCCNC1. The Morgan fingerprint density at radius 1 is 1.30 bits per heavy atom. The standard InChI is InChI=1S/C15H21N3O2/c1-11(14(19)18-13-8-5-9-16-10-13)17-15(20)12-6-3-2-4-7-12/h2-4,6-7,11,13,16H,5,8-10H2,1H3,(H,17,20)(H,18,19)/t11?,13-/m0/s1. The highest BCUT2D eigenvalue weighted by Crippen LogP contribution is 2.02. The molecular formula is C15H21N3O2. The maximum atomic E-state index is 12.0. The van der Waals surface area contributed by atoms with Crippen molar-refractivity contribution in [2.75, 3.05) is 13.1 Å². The van der Waals surface area contributed by atoms with Crippen LogP contribution in [0, 0.1) is 0 Å². The molecule has 0 saturated carbocycles. The second kappa shape index (κ2) is 7.05. The fraction of sp³-hybridized carbons (Fsp3) is 0.467. The summed E-state index contributed by atoms with van der Waals surface area (Å²) >= 11 is 0. The predicted octanol–water partition coefficient (Wildman–Crippen LogP) is 0.673. The van der Waals surface area contributed by atoms with Gasteiger partial charge in [-0.25, -0.2) is 0 Å². The zero-order valence-electron chi connectivity index (χ0n) is 11.7. The molecule has 1 aromatic rings. The van der Waals surface area contributed by atoms with Gasteiger partial charge in [0.25, 0.3) is 5.91 Å². The smallest absolute Gasteiger partial charge is 0.251 e. The van der Waals surface area contributed by atoms with Crippen LogP contribution in [0.15, 0.2) is 30.3 Å². The molecule has 5 nitrogen and oxygen atoms in total. The summed E-state index contributed by atoms with van der Waals surface area (Å²) in [5.74, 6) is -0.363. The molecule has 2 atom stereocenters. The van der Waals surface area contributed by atoms with Gasteiger partial charge >= 0.3 is 0 Å². The lowest BCUT2D eigenvalue weighted by Gasteiger charge is -2.25. The van der Waals surface area contributed by atoms with Crippen LogP contribution in [0.25, 0.3) is 0 Å². The largest absolute Gasteiger partial charge is 0.350 e.